The fourth-order valence-corrected chi connectivity index (χ4v) is 4.01. The van der Waals surface area contributed by atoms with Crippen molar-refractivity contribution in [1.82, 2.24) is 0 Å². The van der Waals surface area contributed by atoms with Gasteiger partial charge in [-0.25, -0.2) is 13.4 Å². The Labute approximate surface area is 150 Å². The molecule has 2 N–H and O–H groups in total. The molecule has 0 bridgehead atoms. The van der Waals surface area contributed by atoms with Crippen LogP contribution < -0.4 is 10.8 Å². The van der Waals surface area contributed by atoms with Gasteiger partial charge in [-0.2, -0.15) is 0 Å². The maximum absolute atomic E-state index is 12.5. The molecule has 0 amide bonds. The van der Waals surface area contributed by atoms with Crippen molar-refractivity contribution in [2.75, 3.05) is 5.75 Å². The highest BCUT2D eigenvalue weighted by Gasteiger charge is 2.19. The zero-order valence-electron chi connectivity index (χ0n) is 14.1. The zero-order chi connectivity index (χ0) is 18.8. The number of sulfone groups is 1. The number of thiophene rings is 1. The normalized spacial score (nSPS) is 13.0. The van der Waals surface area contributed by atoms with Gasteiger partial charge in [0.15, 0.2) is 9.84 Å². The Morgan fingerprint density at radius 3 is 2.32 bits per heavy atom. The van der Waals surface area contributed by atoms with E-state index in [-0.39, 0.29) is 26.7 Å². The Hall–Kier alpha value is -2.19. The third kappa shape index (κ3) is 4.67. The molecule has 0 spiro atoms. The highest BCUT2D eigenvalue weighted by Crippen LogP contribution is 2.25. The van der Waals surface area contributed by atoms with E-state index in [1.807, 2.05) is 20.8 Å². The molecule has 0 aliphatic carbocycles. The van der Waals surface area contributed by atoms with Crippen molar-refractivity contribution < 1.29 is 18.3 Å². The summed E-state index contributed by atoms with van der Waals surface area (Å²) in [5, 5.41) is 12.5. The number of carboxylic acids is 1. The first-order chi connectivity index (χ1) is 11.5. The molecular formula is C17H19N2O4S2-. The molecule has 134 valence electrons. The number of benzene rings is 1. The molecule has 0 atom stereocenters. The van der Waals surface area contributed by atoms with Crippen LogP contribution in [0.5, 0.6) is 0 Å². The lowest BCUT2D eigenvalue weighted by Gasteiger charge is -2.19. The van der Waals surface area contributed by atoms with Crippen LogP contribution in [0.15, 0.2) is 45.6 Å². The molecule has 0 saturated heterocycles. The van der Waals surface area contributed by atoms with Crippen LogP contribution in [-0.2, 0) is 15.3 Å². The van der Waals surface area contributed by atoms with Crippen LogP contribution in [-0.4, -0.2) is 26.0 Å². The summed E-state index contributed by atoms with van der Waals surface area (Å²) in [7, 11) is -3.67. The Balaban J connectivity index is 2.24. The van der Waals surface area contributed by atoms with Gasteiger partial charge >= 0.3 is 0 Å². The second-order valence-electron chi connectivity index (χ2n) is 6.56. The van der Waals surface area contributed by atoms with Gasteiger partial charge in [0.25, 0.3) is 0 Å². The van der Waals surface area contributed by atoms with Gasteiger partial charge in [0.2, 0.25) is 0 Å². The van der Waals surface area contributed by atoms with Gasteiger partial charge in [0.05, 0.1) is 21.4 Å². The molecule has 0 aliphatic heterocycles. The molecule has 6 nitrogen and oxygen atoms in total. The standard InChI is InChI=1S/C17H20N2O4S2/c1-17(2,3)11-4-6-12(7-5-11)25(22,23)10-14(18)19-13-8-9-24-15(13)16(20)21/h4-9H,10H2,1-3H3,(H2,18,19)(H,20,21)/p-1. The Morgan fingerprint density at radius 2 is 1.80 bits per heavy atom. The minimum absolute atomic E-state index is 0.0804. The maximum atomic E-state index is 12.5. The Kier molecular flexibility index (Phi) is 5.34. The van der Waals surface area contributed by atoms with E-state index in [0.29, 0.717) is 0 Å². The number of aromatic carboxylic acids is 1. The van der Waals surface area contributed by atoms with Crippen molar-refractivity contribution in [2.24, 2.45) is 10.7 Å². The topological polar surface area (TPSA) is 113 Å². The van der Waals surface area contributed by atoms with Crippen LogP contribution in [0.25, 0.3) is 0 Å². The summed E-state index contributed by atoms with van der Waals surface area (Å²) in [6.45, 7) is 6.12. The molecule has 1 heterocycles. The number of nitrogens with zero attached hydrogens (tertiary/aromatic N) is 1. The number of amidine groups is 1. The lowest BCUT2D eigenvalue weighted by atomic mass is 9.87. The summed E-state index contributed by atoms with van der Waals surface area (Å²) >= 11 is 0.944. The summed E-state index contributed by atoms with van der Waals surface area (Å²) in [5.74, 6) is -2.05. The molecule has 1 aromatic heterocycles. The summed E-state index contributed by atoms with van der Waals surface area (Å²) in [6.07, 6.45) is 0. The number of carbonyl (C=O) groups excluding carboxylic acids is 1. The summed E-state index contributed by atoms with van der Waals surface area (Å²) in [5.41, 5.74) is 6.75. The van der Waals surface area contributed by atoms with E-state index in [0.717, 1.165) is 16.9 Å². The Bertz CT molecular complexity index is 905. The maximum Gasteiger partial charge on any atom is 0.185 e. The van der Waals surface area contributed by atoms with Crippen molar-refractivity contribution >= 4 is 38.7 Å². The number of rotatable bonds is 5. The summed E-state index contributed by atoms with van der Waals surface area (Å²) < 4.78 is 24.9. The number of carboxylic acid groups (broad SMARTS) is 1. The third-order valence-electron chi connectivity index (χ3n) is 3.51. The smallest absolute Gasteiger partial charge is 0.185 e. The van der Waals surface area contributed by atoms with E-state index < -0.39 is 21.6 Å². The molecule has 2 rings (SSSR count). The predicted molar refractivity (Wildman–Crippen MR) is 97.1 cm³/mol. The first kappa shape index (κ1) is 19.1. The first-order valence-corrected chi connectivity index (χ1v) is 9.99. The lowest BCUT2D eigenvalue weighted by Crippen LogP contribution is -2.24. The number of carbonyl (C=O) groups is 1. The molecule has 0 fully saturated rings. The quantitative estimate of drug-likeness (QED) is 0.629. The fourth-order valence-electron chi connectivity index (χ4n) is 2.17. The minimum Gasteiger partial charge on any atom is -0.544 e. The molecular weight excluding hydrogens is 360 g/mol. The number of hydrogen-bond acceptors (Lipinski definition) is 6. The first-order valence-electron chi connectivity index (χ1n) is 7.46. The van der Waals surface area contributed by atoms with E-state index in [2.05, 4.69) is 4.99 Å². The molecule has 2 aromatic rings. The van der Waals surface area contributed by atoms with Gasteiger partial charge in [-0.1, -0.05) is 32.9 Å². The number of nitrogens with two attached hydrogens (primary N) is 1. The highest BCUT2D eigenvalue weighted by atomic mass is 32.2. The molecule has 25 heavy (non-hydrogen) atoms. The zero-order valence-corrected chi connectivity index (χ0v) is 15.8. The van der Waals surface area contributed by atoms with Crippen LogP contribution in [0.2, 0.25) is 0 Å². The molecule has 0 unspecified atom stereocenters. The van der Waals surface area contributed by atoms with Gasteiger partial charge in [0.1, 0.15) is 11.6 Å². The van der Waals surface area contributed by atoms with Crippen molar-refractivity contribution in [3.05, 3.63) is 46.2 Å². The molecule has 0 radical (unpaired) electrons. The van der Waals surface area contributed by atoms with Crippen molar-refractivity contribution in [2.45, 2.75) is 31.1 Å². The fraction of sp³-hybridized carbons (Fsp3) is 0.294. The predicted octanol–water partition coefficient (Wildman–Crippen LogP) is 1.87. The summed E-state index contributed by atoms with van der Waals surface area (Å²) in [4.78, 5) is 14.9. The van der Waals surface area contributed by atoms with E-state index in [9.17, 15) is 18.3 Å². The van der Waals surface area contributed by atoms with Crippen LogP contribution >= 0.6 is 11.3 Å². The third-order valence-corrected chi connectivity index (χ3v) is 6.06. The highest BCUT2D eigenvalue weighted by molar-refractivity contribution is 7.92. The van der Waals surface area contributed by atoms with Gasteiger partial charge in [-0.15, -0.1) is 11.3 Å². The molecule has 1 aromatic carbocycles. The largest absolute Gasteiger partial charge is 0.544 e. The van der Waals surface area contributed by atoms with Crippen LogP contribution in [0.1, 0.15) is 36.0 Å². The average Bonchev–Trinajstić information content (AvgIpc) is 2.94. The Morgan fingerprint density at radius 1 is 1.20 bits per heavy atom. The van der Waals surface area contributed by atoms with Crippen molar-refractivity contribution in [1.29, 1.82) is 0 Å². The molecule has 0 saturated carbocycles. The van der Waals surface area contributed by atoms with Gasteiger partial charge < -0.3 is 15.6 Å². The number of aliphatic imine (C=N–C) groups is 1. The lowest BCUT2D eigenvalue weighted by molar-refractivity contribution is -0.254. The minimum atomic E-state index is -3.67. The summed E-state index contributed by atoms with van der Waals surface area (Å²) in [6, 6.07) is 8.08. The second-order valence-corrected chi connectivity index (χ2v) is 9.46. The van der Waals surface area contributed by atoms with E-state index in [4.69, 9.17) is 5.73 Å². The van der Waals surface area contributed by atoms with Crippen LogP contribution in [0.3, 0.4) is 0 Å². The monoisotopic (exact) mass is 379 g/mol. The van der Waals surface area contributed by atoms with Crippen molar-refractivity contribution in [3.8, 4) is 0 Å². The molecule has 0 aliphatic rings. The van der Waals surface area contributed by atoms with Gasteiger partial charge in [-0.05, 0) is 34.6 Å². The van der Waals surface area contributed by atoms with Crippen LogP contribution in [0, 0.1) is 0 Å². The second kappa shape index (κ2) is 6.97. The van der Waals surface area contributed by atoms with Gasteiger partial charge in [-0.3, -0.25) is 0 Å². The average molecular weight is 379 g/mol. The van der Waals surface area contributed by atoms with E-state index >= 15 is 0 Å². The molecule has 8 heteroatoms. The number of hydrogen-bond donors (Lipinski definition) is 1. The van der Waals surface area contributed by atoms with E-state index in [1.54, 1.807) is 24.3 Å². The van der Waals surface area contributed by atoms with Crippen LogP contribution in [0.4, 0.5) is 5.69 Å². The van der Waals surface area contributed by atoms with E-state index in [1.165, 1.54) is 11.4 Å². The SMILES string of the molecule is CC(C)(C)c1ccc(S(=O)(=O)CC(N)=Nc2ccsc2C(=O)[O-])cc1. The van der Waals surface area contributed by atoms with Gasteiger partial charge in [0, 0.05) is 0 Å². The van der Waals surface area contributed by atoms with Crippen molar-refractivity contribution in [3.63, 3.8) is 0 Å².